The Morgan fingerprint density at radius 2 is 1.92 bits per heavy atom. The van der Waals surface area contributed by atoms with E-state index in [9.17, 15) is 9.18 Å². The Hall–Kier alpha value is -3.48. The number of benzene rings is 2. The molecule has 4 aromatic rings. The lowest BCUT2D eigenvalue weighted by atomic mass is 10.1. The van der Waals surface area contributed by atoms with Crippen molar-refractivity contribution < 1.29 is 18.1 Å². The molecule has 4 rings (SSSR count). The zero-order valence-electron chi connectivity index (χ0n) is 13.0. The predicted octanol–water partition coefficient (Wildman–Crippen LogP) is 3.66. The number of nitrogens with zero attached hydrogens (tertiary/aromatic N) is 2. The fraction of sp³-hybridized carbons (Fsp3) is 0.0556. The van der Waals surface area contributed by atoms with Gasteiger partial charge >= 0.3 is 5.63 Å². The average Bonchev–Trinajstić information content (AvgIpc) is 3.10. The van der Waals surface area contributed by atoms with Gasteiger partial charge in [-0.2, -0.15) is 4.98 Å². The smallest absolute Gasteiger partial charge is 0.349 e. The number of ether oxygens (including phenoxy) is 1. The number of methoxy groups -OCH3 is 1. The van der Waals surface area contributed by atoms with Crippen LogP contribution in [0.2, 0.25) is 0 Å². The second-order valence-electron chi connectivity index (χ2n) is 5.25. The van der Waals surface area contributed by atoms with E-state index in [0.29, 0.717) is 16.7 Å². The van der Waals surface area contributed by atoms with Crippen LogP contribution < -0.4 is 10.4 Å². The Balaban J connectivity index is 1.81. The molecule has 6 nitrogen and oxygen atoms in total. The minimum absolute atomic E-state index is 0.0373. The number of hydrogen-bond acceptors (Lipinski definition) is 6. The molecule has 0 saturated carbocycles. The SMILES string of the molecule is COc1ccc2cc(-c3nc(-c4ccccc4F)no3)c(=O)oc2c1. The summed E-state index contributed by atoms with van der Waals surface area (Å²) in [6.45, 7) is 0. The van der Waals surface area contributed by atoms with Crippen LogP contribution in [0.1, 0.15) is 0 Å². The molecule has 0 bridgehead atoms. The Kier molecular flexibility index (Phi) is 3.53. The normalized spacial score (nSPS) is 11.0. The molecule has 2 aromatic carbocycles. The molecule has 2 aromatic heterocycles. The molecule has 0 N–H and O–H groups in total. The number of hydrogen-bond donors (Lipinski definition) is 0. The van der Waals surface area contributed by atoms with Gasteiger partial charge in [-0.3, -0.25) is 0 Å². The number of fused-ring (bicyclic) bond motifs is 1. The minimum Gasteiger partial charge on any atom is -0.497 e. The molecule has 0 aliphatic rings. The van der Waals surface area contributed by atoms with Crippen molar-refractivity contribution in [1.29, 1.82) is 0 Å². The molecule has 0 spiro atoms. The lowest BCUT2D eigenvalue weighted by Crippen LogP contribution is -2.03. The van der Waals surface area contributed by atoms with Crippen LogP contribution in [0.5, 0.6) is 5.75 Å². The maximum Gasteiger partial charge on any atom is 0.349 e. The first-order chi connectivity index (χ1) is 12.2. The Morgan fingerprint density at radius 3 is 2.72 bits per heavy atom. The molecule has 0 unspecified atom stereocenters. The van der Waals surface area contributed by atoms with Gasteiger partial charge in [0.05, 0.1) is 12.7 Å². The fourth-order valence-corrected chi connectivity index (χ4v) is 2.45. The summed E-state index contributed by atoms with van der Waals surface area (Å²) in [5.41, 5.74) is 0.0339. The van der Waals surface area contributed by atoms with Gasteiger partial charge in [-0.1, -0.05) is 17.3 Å². The Morgan fingerprint density at radius 1 is 1.08 bits per heavy atom. The van der Waals surface area contributed by atoms with Gasteiger partial charge in [-0.05, 0) is 30.3 Å². The lowest BCUT2D eigenvalue weighted by Gasteiger charge is -2.02. The third-order valence-electron chi connectivity index (χ3n) is 3.71. The largest absolute Gasteiger partial charge is 0.497 e. The third-order valence-corrected chi connectivity index (χ3v) is 3.71. The van der Waals surface area contributed by atoms with Crippen molar-refractivity contribution in [3.05, 3.63) is 64.8 Å². The molecule has 0 amide bonds. The highest BCUT2D eigenvalue weighted by atomic mass is 19.1. The van der Waals surface area contributed by atoms with Gasteiger partial charge in [-0.15, -0.1) is 0 Å². The van der Waals surface area contributed by atoms with Crippen molar-refractivity contribution in [3.8, 4) is 28.6 Å². The first-order valence-electron chi connectivity index (χ1n) is 7.36. The van der Waals surface area contributed by atoms with Gasteiger partial charge < -0.3 is 13.7 Å². The van der Waals surface area contributed by atoms with E-state index in [2.05, 4.69) is 10.1 Å². The topological polar surface area (TPSA) is 78.4 Å². The van der Waals surface area contributed by atoms with Gasteiger partial charge in [0.15, 0.2) is 0 Å². The van der Waals surface area contributed by atoms with E-state index in [1.54, 1.807) is 36.4 Å². The van der Waals surface area contributed by atoms with E-state index in [4.69, 9.17) is 13.7 Å². The molecule has 0 aliphatic heterocycles. The third kappa shape index (κ3) is 2.65. The Labute approximate surface area is 140 Å². The van der Waals surface area contributed by atoms with Crippen LogP contribution in [0.4, 0.5) is 4.39 Å². The summed E-state index contributed by atoms with van der Waals surface area (Å²) in [5, 5.41) is 4.41. The molecule has 2 heterocycles. The van der Waals surface area contributed by atoms with Gasteiger partial charge in [0.2, 0.25) is 5.82 Å². The molecule has 7 heteroatoms. The number of rotatable bonds is 3. The van der Waals surface area contributed by atoms with Crippen molar-refractivity contribution in [2.24, 2.45) is 0 Å². The van der Waals surface area contributed by atoms with E-state index in [1.807, 2.05) is 0 Å². The lowest BCUT2D eigenvalue weighted by molar-refractivity contribution is 0.414. The van der Waals surface area contributed by atoms with Crippen LogP contribution in [0, 0.1) is 5.82 Å². The van der Waals surface area contributed by atoms with E-state index < -0.39 is 11.4 Å². The summed E-state index contributed by atoms with van der Waals surface area (Å²) >= 11 is 0. The van der Waals surface area contributed by atoms with Crippen LogP contribution in [0.15, 0.2) is 62.3 Å². The molecule has 124 valence electrons. The zero-order chi connectivity index (χ0) is 17.4. The van der Waals surface area contributed by atoms with Crippen molar-refractivity contribution in [1.82, 2.24) is 10.1 Å². The standard InChI is InChI=1S/C18H11FN2O4/c1-23-11-7-6-10-8-13(18(22)24-15(10)9-11)17-20-16(21-25-17)12-4-2-3-5-14(12)19/h2-9H,1H3. The molecular formula is C18H11FN2O4. The molecule has 0 saturated heterocycles. The highest BCUT2D eigenvalue weighted by Crippen LogP contribution is 2.26. The molecular weight excluding hydrogens is 327 g/mol. The minimum atomic E-state index is -0.635. The summed E-state index contributed by atoms with van der Waals surface area (Å²) < 4.78 is 29.3. The molecule has 0 radical (unpaired) electrons. The zero-order valence-corrected chi connectivity index (χ0v) is 13.0. The van der Waals surface area contributed by atoms with Crippen LogP contribution in [0.3, 0.4) is 0 Å². The van der Waals surface area contributed by atoms with E-state index >= 15 is 0 Å². The maximum atomic E-state index is 13.8. The van der Waals surface area contributed by atoms with Gasteiger partial charge in [0.1, 0.15) is 22.7 Å². The second kappa shape index (κ2) is 5.86. The highest BCUT2D eigenvalue weighted by molar-refractivity contribution is 5.81. The van der Waals surface area contributed by atoms with E-state index in [1.165, 1.54) is 19.2 Å². The van der Waals surface area contributed by atoms with Gasteiger partial charge in [0.25, 0.3) is 5.89 Å². The van der Waals surface area contributed by atoms with Gasteiger partial charge in [0, 0.05) is 11.5 Å². The first-order valence-corrected chi connectivity index (χ1v) is 7.36. The maximum absolute atomic E-state index is 13.8. The van der Waals surface area contributed by atoms with E-state index in [0.717, 1.165) is 0 Å². The Bertz CT molecular complexity index is 1130. The summed E-state index contributed by atoms with van der Waals surface area (Å²) in [7, 11) is 1.52. The highest BCUT2D eigenvalue weighted by Gasteiger charge is 2.17. The molecule has 0 atom stereocenters. The summed E-state index contributed by atoms with van der Waals surface area (Å²) in [6, 6.07) is 12.7. The molecule has 0 fully saturated rings. The monoisotopic (exact) mass is 338 g/mol. The van der Waals surface area contributed by atoms with Crippen molar-refractivity contribution >= 4 is 11.0 Å². The van der Waals surface area contributed by atoms with Gasteiger partial charge in [-0.25, -0.2) is 9.18 Å². The molecule has 0 aliphatic carbocycles. The van der Waals surface area contributed by atoms with Crippen molar-refractivity contribution in [2.75, 3.05) is 7.11 Å². The summed E-state index contributed by atoms with van der Waals surface area (Å²) in [6.07, 6.45) is 0. The summed E-state index contributed by atoms with van der Waals surface area (Å²) in [4.78, 5) is 16.3. The number of halogens is 1. The fourth-order valence-electron chi connectivity index (χ4n) is 2.45. The van der Waals surface area contributed by atoms with Crippen molar-refractivity contribution in [2.45, 2.75) is 0 Å². The van der Waals surface area contributed by atoms with Crippen LogP contribution in [-0.2, 0) is 0 Å². The first kappa shape index (κ1) is 15.1. The quantitative estimate of drug-likeness (QED) is 0.531. The predicted molar refractivity (Wildman–Crippen MR) is 87.7 cm³/mol. The van der Waals surface area contributed by atoms with Crippen LogP contribution in [-0.4, -0.2) is 17.3 Å². The van der Waals surface area contributed by atoms with Crippen LogP contribution in [0.25, 0.3) is 33.8 Å². The van der Waals surface area contributed by atoms with Crippen LogP contribution >= 0.6 is 0 Å². The molecule has 25 heavy (non-hydrogen) atoms. The number of aromatic nitrogens is 2. The average molecular weight is 338 g/mol. The van der Waals surface area contributed by atoms with E-state index in [-0.39, 0.29) is 22.8 Å². The summed E-state index contributed by atoms with van der Waals surface area (Å²) in [5.74, 6) is 0.113. The van der Waals surface area contributed by atoms with Crippen molar-refractivity contribution in [3.63, 3.8) is 0 Å². The second-order valence-corrected chi connectivity index (χ2v) is 5.25.